The normalized spacial score (nSPS) is 21.7. The summed E-state index contributed by atoms with van der Waals surface area (Å²) in [5.74, 6) is 2.58. The van der Waals surface area contributed by atoms with E-state index in [4.69, 9.17) is 5.73 Å². The molecule has 102 valence electrons. The van der Waals surface area contributed by atoms with E-state index in [0.717, 1.165) is 6.54 Å². The van der Waals surface area contributed by atoms with Gasteiger partial charge in [0.1, 0.15) is 0 Å². The van der Waals surface area contributed by atoms with Gasteiger partial charge in [0.25, 0.3) is 0 Å². The van der Waals surface area contributed by atoms with Gasteiger partial charge >= 0.3 is 0 Å². The predicted octanol–water partition coefficient (Wildman–Crippen LogP) is 3.11. The van der Waals surface area contributed by atoms with Crippen molar-refractivity contribution in [1.29, 1.82) is 0 Å². The number of hydrogen-bond donors (Lipinski definition) is 1. The van der Waals surface area contributed by atoms with Gasteiger partial charge in [-0.05, 0) is 50.7 Å². The molecule has 1 aliphatic heterocycles. The van der Waals surface area contributed by atoms with Crippen molar-refractivity contribution in [3.63, 3.8) is 0 Å². The molecule has 2 N–H and O–H groups in total. The summed E-state index contributed by atoms with van der Waals surface area (Å²) in [6.07, 6.45) is 6.38. The Morgan fingerprint density at radius 1 is 1.29 bits per heavy atom. The number of nitrogens with two attached hydrogens (primary N) is 1. The molecule has 1 rings (SSSR count). The Bertz CT molecular complexity index is 202. The number of thioether (sulfide) groups is 1. The van der Waals surface area contributed by atoms with Gasteiger partial charge in [-0.1, -0.05) is 20.3 Å². The fourth-order valence-corrected chi connectivity index (χ4v) is 4.09. The van der Waals surface area contributed by atoms with Crippen LogP contribution in [0.3, 0.4) is 0 Å². The van der Waals surface area contributed by atoms with Crippen molar-refractivity contribution in [2.45, 2.75) is 64.5 Å². The van der Waals surface area contributed by atoms with Gasteiger partial charge in [-0.15, -0.1) is 0 Å². The average molecular weight is 258 g/mol. The van der Waals surface area contributed by atoms with Crippen LogP contribution in [0.4, 0.5) is 0 Å². The molecular formula is C14H30N2S. The van der Waals surface area contributed by atoms with E-state index in [0.29, 0.717) is 11.6 Å². The van der Waals surface area contributed by atoms with E-state index < -0.39 is 0 Å². The van der Waals surface area contributed by atoms with Gasteiger partial charge in [-0.25, -0.2) is 0 Å². The highest BCUT2D eigenvalue weighted by molar-refractivity contribution is 7.99. The van der Waals surface area contributed by atoms with E-state index in [1.807, 2.05) is 0 Å². The minimum atomic E-state index is 0.301. The van der Waals surface area contributed by atoms with Gasteiger partial charge in [-0.2, -0.15) is 11.8 Å². The molecule has 2 nitrogen and oxygen atoms in total. The highest BCUT2D eigenvalue weighted by Crippen LogP contribution is 2.34. The first-order valence-corrected chi connectivity index (χ1v) is 8.40. The first kappa shape index (κ1) is 15.3. The van der Waals surface area contributed by atoms with Crippen molar-refractivity contribution in [3.05, 3.63) is 0 Å². The summed E-state index contributed by atoms with van der Waals surface area (Å²) < 4.78 is 0. The molecule has 0 spiro atoms. The first-order valence-electron chi connectivity index (χ1n) is 7.24. The fourth-order valence-electron chi connectivity index (χ4n) is 2.83. The molecule has 0 aromatic rings. The maximum Gasteiger partial charge on any atom is 0.0350 e. The molecule has 1 atom stereocenters. The van der Waals surface area contributed by atoms with Crippen molar-refractivity contribution in [1.82, 2.24) is 4.90 Å². The number of nitrogens with zero attached hydrogens (tertiary/aromatic N) is 1. The lowest BCUT2D eigenvalue weighted by atomic mass is 9.88. The maximum atomic E-state index is 6.15. The third-order valence-corrected chi connectivity index (χ3v) is 5.27. The summed E-state index contributed by atoms with van der Waals surface area (Å²) in [4.78, 5) is 2.73. The smallest absolute Gasteiger partial charge is 0.0350 e. The van der Waals surface area contributed by atoms with E-state index >= 15 is 0 Å². The molecule has 0 aliphatic carbocycles. The van der Waals surface area contributed by atoms with Crippen LogP contribution >= 0.6 is 11.8 Å². The van der Waals surface area contributed by atoms with Crippen LogP contribution in [-0.2, 0) is 0 Å². The first-order chi connectivity index (χ1) is 8.20. The van der Waals surface area contributed by atoms with Crippen LogP contribution in [-0.4, -0.2) is 41.1 Å². The minimum Gasteiger partial charge on any atom is -0.329 e. The lowest BCUT2D eigenvalue weighted by Crippen LogP contribution is -2.59. The second-order valence-corrected chi connectivity index (χ2v) is 6.57. The average Bonchev–Trinajstić information content (AvgIpc) is 2.39. The van der Waals surface area contributed by atoms with Crippen molar-refractivity contribution in [3.8, 4) is 0 Å². The molecule has 1 saturated heterocycles. The Balaban J connectivity index is 2.75. The fraction of sp³-hybridized carbons (Fsp3) is 1.00. The number of rotatable bonds is 7. The van der Waals surface area contributed by atoms with E-state index in [1.54, 1.807) is 0 Å². The van der Waals surface area contributed by atoms with Crippen molar-refractivity contribution in [2.24, 2.45) is 5.73 Å². The number of hydrogen-bond acceptors (Lipinski definition) is 3. The Kier molecular flexibility index (Phi) is 6.90. The third kappa shape index (κ3) is 3.87. The summed E-state index contributed by atoms with van der Waals surface area (Å²) >= 11 is 2.09. The van der Waals surface area contributed by atoms with Gasteiger partial charge in [0.2, 0.25) is 0 Å². The third-order valence-electron chi connectivity index (χ3n) is 4.29. The zero-order valence-electron chi connectivity index (χ0n) is 11.9. The van der Waals surface area contributed by atoms with Gasteiger partial charge in [0.05, 0.1) is 0 Å². The zero-order chi connectivity index (χ0) is 12.7. The largest absolute Gasteiger partial charge is 0.329 e. The minimum absolute atomic E-state index is 0.301. The highest BCUT2D eigenvalue weighted by atomic mass is 32.2. The molecule has 17 heavy (non-hydrogen) atoms. The predicted molar refractivity (Wildman–Crippen MR) is 79.7 cm³/mol. The molecule has 1 unspecified atom stereocenters. The van der Waals surface area contributed by atoms with Crippen LogP contribution in [0.1, 0.15) is 52.9 Å². The monoisotopic (exact) mass is 258 g/mol. The van der Waals surface area contributed by atoms with Crippen LogP contribution in [0.25, 0.3) is 0 Å². The number of unbranched alkanes of at least 4 members (excludes halogenated alkanes) is 1. The van der Waals surface area contributed by atoms with E-state index in [9.17, 15) is 0 Å². The summed E-state index contributed by atoms with van der Waals surface area (Å²) in [5, 5.41) is 0. The maximum absolute atomic E-state index is 6.15. The van der Waals surface area contributed by atoms with Crippen molar-refractivity contribution in [2.75, 3.05) is 24.6 Å². The standard InChI is InChI=1S/C14H30N2S/c1-4-6-9-16(13(3)5-2)14(12-15)7-10-17-11-8-14/h13H,4-12,15H2,1-3H3. The topological polar surface area (TPSA) is 29.3 Å². The molecule has 0 amide bonds. The van der Waals surface area contributed by atoms with Gasteiger partial charge in [0, 0.05) is 18.1 Å². The molecule has 1 fully saturated rings. The molecule has 1 heterocycles. The van der Waals surface area contributed by atoms with E-state index in [1.165, 1.54) is 50.2 Å². The molecule has 0 bridgehead atoms. The summed E-state index contributed by atoms with van der Waals surface area (Å²) in [5.41, 5.74) is 6.45. The van der Waals surface area contributed by atoms with Crippen LogP contribution in [0.2, 0.25) is 0 Å². The summed E-state index contributed by atoms with van der Waals surface area (Å²) in [7, 11) is 0. The Hall–Kier alpha value is 0.270. The lowest BCUT2D eigenvalue weighted by molar-refractivity contribution is 0.0436. The van der Waals surface area contributed by atoms with E-state index in [-0.39, 0.29) is 0 Å². The lowest BCUT2D eigenvalue weighted by Gasteiger charge is -2.48. The zero-order valence-corrected chi connectivity index (χ0v) is 12.7. The van der Waals surface area contributed by atoms with Gasteiger partial charge in [-0.3, -0.25) is 4.90 Å². The molecule has 0 radical (unpaired) electrons. The molecule has 1 aliphatic rings. The second kappa shape index (κ2) is 7.65. The van der Waals surface area contributed by atoms with Crippen LogP contribution in [0.15, 0.2) is 0 Å². The van der Waals surface area contributed by atoms with Gasteiger partial charge in [0.15, 0.2) is 0 Å². The highest BCUT2D eigenvalue weighted by Gasteiger charge is 2.38. The molecule has 3 heteroatoms. The van der Waals surface area contributed by atoms with Gasteiger partial charge < -0.3 is 5.73 Å². The van der Waals surface area contributed by atoms with Crippen LogP contribution in [0, 0.1) is 0 Å². The van der Waals surface area contributed by atoms with Crippen LogP contribution < -0.4 is 5.73 Å². The van der Waals surface area contributed by atoms with Crippen LogP contribution in [0.5, 0.6) is 0 Å². The Labute approximate surface area is 112 Å². The van der Waals surface area contributed by atoms with Crippen molar-refractivity contribution >= 4 is 11.8 Å². The summed E-state index contributed by atoms with van der Waals surface area (Å²) in [6.45, 7) is 9.01. The Morgan fingerprint density at radius 2 is 1.94 bits per heavy atom. The second-order valence-electron chi connectivity index (χ2n) is 5.35. The summed E-state index contributed by atoms with van der Waals surface area (Å²) in [6, 6.07) is 0.674. The van der Waals surface area contributed by atoms with Crippen molar-refractivity contribution < 1.29 is 0 Å². The molecular weight excluding hydrogens is 228 g/mol. The SMILES string of the molecule is CCCCN(C(C)CC)C1(CN)CCSCC1. The Morgan fingerprint density at radius 3 is 2.41 bits per heavy atom. The molecule has 0 aromatic heterocycles. The van der Waals surface area contributed by atoms with E-state index in [2.05, 4.69) is 37.4 Å². The molecule has 0 saturated carbocycles. The molecule has 0 aromatic carbocycles. The quantitative estimate of drug-likeness (QED) is 0.761.